The van der Waals surface area contributed by atoms with E-state index >= 15 is 0 Å². The molecule has 0 aromatic heterocycles. The third-order valence-electron chi connectivity index (χ3n) is 4.02. The Labute approximate surface area is 145 Å². The van der Waals surface area contributed by atoms with Crippen molar-refractivity contribution in [2.45, 2.75) is 31.6 Å². The van der Waals surface area contributed by atoms with Crippen LogP contribution in [-0.4, -0.2) is 42.3 Å². The van der Waals surface area contributed by atoms with E-state index in [2.05, 4.69) is 4.99 Å². The number of hydrogen-bond donors (Lipinski definition) is 0. The van der Waals surface area contributed by atoms with E-state index in [1.165, 1.54) is 11.8 Å². The van der Waals surface area contributed by atoms with Crippen molar-refractivity contribution in [1.29, 1.82) is 0 Å². The number of carbonyl (C=O) groups is 1. The van der Waals surface area contributed by atoms with Gasteiger partial charge < -0.3 is 4.90 Å². The van der Waals surface area contributed by atoms with Gasteiger partial charge in [-0.2, -0.15) is 4.99 Å². The topological polar surface area (TPSA) is 66.8 Å². The summed E-state index contributed by atoms with van der Waals surface area (Å²) in [5.41, 5.74) is 1.79. The van der Waals surface area contributed by atoms with Crippen molar-refractivity contribution in [3.05, 3.63) is 28.8 Å². The molecule has 1 aromatic rings. The van der Waals surface area contributed by atoms with E-state index in [1.54, 1.807) is 19.1 Å². The van der Waals surface area contributed by atoms with Crippen LogP contribution >= 0.6 is 23.4 Å². The van der Waals surface area contributed by atoms with Crippen molar-refractivity contribution in [2.24, 2.45) is 4.99 Å². The molecule has 1 aromatic carbocycles. The predicted octanol–water partition coefficient (Wildman–Crippen LogP) is 2.66. The number of aliphatic imine (C=N–C) groups is 1. The van der Waals surface area contributed by atoms with Crippen LogP contribution in [0.15, 0.2) is 23.2 Å². The summed E-state index contributed by atoms with van der Waals surface area (Å²) >= 11 is 7.49. The number of sulfone groups is 1. The molecule has 2 heterocycles. The molecule has 5 nitrogen and oxygen atoms in total. The van der Waals surface area contributed by atoms with E-state index in [1.807, 2.05) is 17.9 Å². The van der Waals surface area contributed by atoms with E-state index in [0.717, 1.165) is 11.3 Å². The summed E-state index contributed by atoms with van der Waals surface area (Å²) in [6.45, 7) is 3.69. The van der Waals surface area contributed by atoms with Gasteiger partial charge in [0.2, 0.25) is 5.91 Å². The van der Waals surface area contributed by atoms with Crippen LogP contribution < -0.4 is 4.90 Å². The van der Waals surface area contributed by atoms with Gasteiger partial charge in [0, 0.05) is 22.4 Å². The second kappa shape index (κ2) is 6.11. The second-order valence-corrected chi connectivity index (χ2v) is 9.54. The van der Waals surface area contributed by atoms with Crippen LogP contribution in [0, 0.1) is 6.92 Å². The number of aryl methyl sites for hydroxylation is 1. The minimum absolute atomic E-state index is 0.0793. The number of carbonyl (C=O) groups excluding carboxylic acids is 1. The molecule has 8 heteroatoms. The van der Waals surface area contributed by atoms with Crippen LogP contribution in [-0.2, 0) is 14.6 Å². The molecule has 124 valence electrons. The Morgan fingerprint density at radius 2 is 2.17 bits per heavy atom. The SMILES string of the molecule is CCC(=O)N=C1S[C@H]2CS(=O)(=O)C[C@@H]2N1c1cc(Cl)ccc1C. The molecule has 3 rings (SSSR count). The summed E-state index contributed by atoms with van der Waals surface area (Å²) in [6.07, 6.45) is 0.320. The highest BCUT2D eigenvalue weighted by Crippen LogP contribution is 2.42. The lowest BCUT2D eigenvalue weighted by atomic mass is 10.1. The highest BCUT2D eigenvalue weighted by Gasteiger charge is 2.49. The number of hydrogen-bond acceptors (Lipinski definition) is 4. The Morgan fingerprint density at radius 3 is 2.87 bits per heavy atom. The third-order valence-corrected chi connectivity index (χ3v) is 7.46. The molecule has 23 heavy (non-hydrogen) atoms. The first-order valence-electron chi connectivity index (χ1n) is 7.34. The minimum atomic E-state index is -3.06. The molecule has 0 saturated carbocycles. The number of halogens is 1. The molecular weight excluding hydrogens is 356 g/mol. The zero-order valence-electron chi connectivity index (χ0n) is 12.8. The van der Waals surface area contributed by atoms with Gasteiger partial charge in [-0.3, -0.25) is 4.79 Å². The van der Waals surface area contributed by atoms with Gasteiger partial charge in [-0.25, -0.2) is 8.42 Å². The number of benzene rings is 1. The zero-order chi connectivity index (χ0) is 16.8. The van der Waals surface area contributed by atoms with E-state index in [4.69, 9.17) is 11.6 Å². The number of thioether (sulfide) groups is 1. The van der Waals surface area contributed by atoms with Crippen LogP contribution in [0.3, 0.4) is 0 Å². The number of nitrogens with zero attached hydrogens (tertiary/aromatic N) is 2. The average molecular weight is 373 g/mol. The number of anilines is 1. The molecule has 2 saturated heterocycles. The Bertz CT molecular complexity index is 792. The van der Waals surface area contributed by atoms with Crippen LogP contribution in [0.4, 0.5) is 5.69 Å². The van der Waals surface area contributed by atoms with Crippen LogP contribution in [0.5, 0.6) is 0 Å². The molecule has 0 radical (unpaired) electrons. The number of amides is 1. The third kappa shape index (κ3) is 3.27. The van der Waals surface area contributed by atoms with Gasteiger partial charge in [0.25, 0.3) is 0 Å². The van der Waals surface area contributed by atoms with Crippen LogP contribution in [0.2, 0.25) is 5.02 Å². The Morgan fingerprint density at radius 1 is 1.43 bits per heavy atom. The van der Waals surface area contributed by atoms with Crippen LogP contribution in [0.25, 0.3) is 0 Å². The highest BCUT2D eigenvalue weighted by molar-refractivity contribution is 8.16. The van der Waals surface area contributed by atoms with Crippen molar-refractivity contribution in [1.82, 2.24) is 0 Å². The molecule has 0 bridgehead atoms. The Kier molecular flexibility index (Phi) is 4.46. The summed E-state index contributed by atoms with van der Waals surface area (Å²) in [4.78, 5) is 17.8. The van der Waals surface area contributed by atoms with Gasteiger partial charge >= 0.3 is 0 Å². The molecule has 0 unspecified atom stereocenters. The molecule has 0 spiro atoms. The van der Waals surface area contributed by atoms with Gasteiger partial charge in [-0.05, 0) is 24.6 Å². The fraction of sp³-hybridized carbons (Fsp3) is 0.467. The fourth-order valence-electron chi connectivity index (χ4n) is 2.87. The summed E-state index contributed by atoms with van der Waals surface area (Å²) < 4.78 is 24.0. The molecule has 0 N–H and O–H groups in total. The maximum atomic E-state index is 12.0. The summed E-state index contributed by atoms with van der Waals surface area (Å²) in [5.74, 6) is -0.00620. The van der Waals surface area contributed by atoms with Gasteiger partial charge in [0.15, 0.2) is 15.0 Å². The van der Waals surface area contributed by atoms with Crippen molar-refractivity contribution in [2.75, 3.05) is 16.4 Å². The quantitative estimate of drug-likeness (QED) is 0.798. The zero-order valence-corrected chi connectivity index (χ0v) is 15.2. The fourth-order valence-corrected chi connectivity index (χ4v) is 6.96. The van der Waals surface area contributed by atoms with Crippen molar-refractivity contribution >= 4 is 50.0 Å². The first-order valence-corrected chi connectivity index (χ1v) is 10.4. The van der Waals surface area contributed by atoms with E-state index in [0.29, 0.717) is 16.6 Å². The monoisotopic (exact) mass is 372 g/mol. The number of amidine groups is 1. The Balaban J connectivity index is 2.08. The maximum absolute atomic E-state index is 12.0. The number of rotatable bonds is 2. The second-order valence-electron chi connectivity index (χ2n) is 5.74. The van der Waals surface area contributed by atoms with Crippen molar-refractivity contribution < 1.29 is 13.2 Å². The summed E-state index contributed by atoms with van der Waals surface area (Å²) in [5, 5.41) is 1.05. The van der Waals surface area contributed by atoms with Crippen molar-refractivity contribution in [3.63, 3.8) is 0 Å². The van der Waals surface area contributed by atoms with Gasteiger partial charge in [-0.15, -0.1) is 0 Å². The first kappa shape index (κ1) is 16.8. The van der Waals surface area contributed by atoms with E-state index in [-0.39, 0.29) is 28.7 Å². The average Bonchev–Trinajstić information content (AvgIpc) is 2.92. The van der Waals surface area contributed by atoms with Crippen LogP contribution in [0.1, 0.15) is 18.9 Å². The molecule has 1 amide bonds. The maximum Gasteiger partial charge on any atom is 0.247 e. The van der Waals surface area contributed by atoms with Crippen molar-refractivity contribution in [3.8, 4) is 0 Å². The van der Waals surface area contributed by atoms with Gasteiger partial charge in [-0.1, -0.05) is 36.4 Å². The predicted molar refractivity (Wildman–Crippen MR) is 95.2 cm³/mol. The summed E-state index contributed by atoms with van der Waals surface area (Å²) in [7, 11) is -3.06. The molecule has 2 atom stereocenters. The lowest BCUT2D eigenvalue weighted by Gasteiger charge is -2.26. The largest absolute Gasteiger partial charge is 0.315 e. The smallest absolute Gasteiger partial charge is 0.247 e. The Hall–Kier alpha value is -1.05. The molecule has 0 aliphatic carbocycles. The van der Waals surface area contributed by atoms with E-state index < -0.39 is 9.84 Å². The molecular formula is C15H17ClN2O3S2. The van der Waals surface area contributed by atoms with E-state index in [9.17, 15) is 13.2 Å². The summed E-state index contributed by atoms with van der Waals surface area (Å²) in [6, 6.07) is 5.28. The highest BCUT2D eigenvalue weighted by atomic mass is 35.5. The number of fused-ring (bicyclic) bond motifs is 1. The lowest BCUT2D eigenvalue weighted by Crippen LogP contribution is -2.38. The first-order chi connectivity index (χ1) is 10.8. The molecule has 2 fully saturated rings. The standard InChI is InChI=1S/C15H17ClN2O3S2/c1-3-14(19)17-15-18(11-6-10(16)5-4-9(11)2)12-7-23(20,21)8-13(12)22-15/h4-6,12-13H,3,7-8H2,1-2H3/t12-,13-/m0/s1. The minimum Gasteiger partial charge on any atom is -0.315 e. The van der Waals surface area contributed by atoms with Gasteiger partial charge in [0.05, 0.1) is 17.5 Å². The normalized spacial score (nSPS) is 27.4. The molecule has 2 aliphatic rings. The lowest BCUT2D eigenvalue weighted by molar-refractivity contribution is -0.117. The van der Waals surface area contributed by atoms with Gasteiger partial charge in [0.1, 0.15) is 0 Å². The molecule has 2 aliphatic heterocycles.